The topological polar surface area (TPSA) is 12.0 Å². The van der Waals surface area contributed by atoms with Crippen LogP contribution in [0, 0.1) is 11.8 Å². The SMILES string of the molecule is CCC1CCC(C(NC)C2CSc3ccccc32)CC1. The first-order chi connectivity index (χ1) is 9.83. The number of nitrogens with one attached hydrogen (secondary N) is 1. The molecule has 0 bridgehead atoms. The third-order valence-corrected chi connectivity index (χ3v) is 6.69. The molecule has 1 aliphatic heterocycles. The van der Waals surface area contributed by atoms with Gasteiger partial charge in [0.05, 0.1) is 0 Å². The minimum Gasteiger partial charge on any atom is -0.316 e. The minimum absolute atomic E-state index is 0.670. The maximum atomic E-state index is 3.67. The summed E-state index contributed by atoms with van der Waals surface area (Å²) in [7, 11) is 2.17. The van der Waals surface area contributed by atoms with E-state index in [2.05, 4.69) is 43.6 Å². The molecule has 0 radical (unpaired) electrons. The van der Waals surface area contributed by atoms with Crippen LogP contribution in [0.2, 0.25) is 0 Å². The van der Waals surface area contributed by atoms with E-state index in [1.165, 1.54) is 42.8 Å². The number of hydrogen-bond donors (Lipinski definition) is 1. The smallest absolute Gasteiger partial charge is 0.0169 e. The Morgan fingerprint density at radius 3 is 2.65 bits per heavy atom. The molecule has 2 atom stereocenters. The molecule has 0 aromatic heterocycles. The molecule has 3 rings (SSSR count). The Balaban J connectivity index is 1.72. The van der Waals surface area contributed by atoms with Crippen LogP contribution >= 0.6 is 11.8 Å². The third-order valence-electron chi connectivity index (χ3n) is 5.48. The Hall–Kier alpha value is -0.470. The summed E-state index contributed by atoms with van der Waals surface area (Å²) in [5.41, 5.74) is 1.59. The van der Waals surface area contributed by atoms with Crippen molar-refractivity contribution in [3.8, 4) is 0 Å². The molecule has 0 spiro atoms. The van der Waals surface area contributed by atoms with Crippen LogP contribution in [0.3, 0.4) is 0 Å². The van der Waals surface area contributed by atoms with E-state index < -0.39 is 0 Å². The first-order valence-corrected chi connectivity index (χ1v) is 9.21. The van der Waals surface area contributed by atoms with Gasteiger partial charge in [-0.3, -0.25) is 0 Å². The summed E-state index contributed by atoms with van der Waals surface area (Å²) in [6.07, 6.45) is 7.11. The van der Waals surface area contributed by atoms with Crippen molar-refractivity contribution in [3.63, 3.8) is 0 Å². The first kappa shape index (κ1) is 14.5. The highest BCUT2D eigenvalue weighted by Gasteiger charge is 2.35. The van der Waals surface area contributed by atoms with Crippen LogP contribution in [-0.2, 0) is 0 Å². The maximum absolute atomic E-state index is 3.67. The van der Waals surface area contributed by atoms with Crippen LogP contribution in [0.1, 0.15) is 50.5 Å². The van der Waals surface area contributed by atoms with Crippen LogP contribution in [0.25, 0.3) is 0 Å². The van der Waals surface area contributed by atoms with Gasteiger partial charge in [0.2, 0.25) is 0 Å². The summed E-state index contributed by atoms with van der Waals surface area (Å²) < 4.78 is 0. The number of benzene rings is 1. The van der Waals surface area contributed by atoms with Gasteiger partial charge in [-0.05, 0) is 43.4 Å². The van der Waals surface area contributed by atoms with E-state index in [1.54, 1.807) is 5.56 Å². The number of fused-ring (bicyclic) bond motifs is 1. The second-order valence-electron chi connectivity index (χ2n) is 6.46. The Morgan fingerprint density at radius 2 is 1.95 bits per heavy atom. The maximum Gasteiger partial charge on any atom is 0.0169 e. The molecule has 2 aliphatic rings. The Bertz CT molecular complexity index is 437. The van der Waals surface area contributed by atoms with Crippen molar-refractivity contribution >= 4 is 11.8 Å². The molecular formula is C18H27NS. The zero-order chi connectivity index (χ0) is 13.9. The molecule has 1 N–H and O–H groups in total. The van der Waals surface area contributed by atoms with Crippen LogP contribution in [0.4, 0.5) is 0 Å². The van der Waals surface area contributed by atoms with Gasteiger partial charge in [0.15, 0.2) is 0 Å². The standard InChI is InChI=1S/C18H27NS/c1-3-13-8-10-14(11-9-13)18(19-2)16-12-20-17-7-5-4-6-15(16)17/h4-7,13-14,16,18-19H,3,8-12H2,1-2H3. The highest BCUT2D eigenvalue weighted by atomic mass is 32.2. The molecule has 1 aromatic carbocycles. The third kappa shape index (κ3) is 2.78. The second-order valence-corrected chi connectivity index (χ2v) is 7.52. The van der Waals surface area contributed by atoms with Crippen LogP contribution in [-0.4, -0.2) is 18.8 Å². The Labute approximate surface area is 127 Å². The van der Waals surface area contributed by atoms with Crippen molar-refractivity contribution in [2.75, 3.05) is 12.8 Å². The molecule has 2 heteroatoms. The molecule has 1 nitrogen and oxygen atoms in total. The van der Waals surface area contributed by atoms with E-state index in [4.69, 9.17) is 0 Å². The van der Waals surface area contributed by atoms with Crippen molar-refractivity contribution in [1.29, 1.82) is 0 Å². The average Bonchev–Trinajstić information content (AvgIpc) is 2.93. The zero-order valence-electron chi connectivity index (χ0n) is 12.8. The van der Waals surface area contributed by atoms with E-state index in [0.717, 1.165) is 11.8 Å². The molecular weight excluding hydrogens is 262 g/mol. The average molecular weight is 289 g/mol. The van der Waals surface area contributed by atoms with Crippen molar-refractivity contribution in [2.24, 2.45) is 11.8 Å². The molecule has 1 aliphatic carbocycles. The monoisotopic (exact) mass is 289 g/mol. The fraction of sp³-hybridized carbons (Fsp3) is 0.667. The summed E-state index contributed by atoms with van der Waals surface area (Å²) in [4.78, 5) is 1.51. The lowest BCUT2D eigenvalue weighted by Gasteiger charge is -2.36. The molecule has 1 saturated carbocycles. The number of rotatable bonds is 4. The van der Waals surface area contributed by atoms with Crippen LogP contribution < -0.4 is 5.32 Å². The summed E-state index contributed by atoms with van der Waals surface area (Å²) in [5.74, 6) is 3.84. The zero-order valence-corrected chi connectivity index (χ0v) is 13.6. The molecule has 2 unspecified atom stereocenters. The normalized spacial score (nSPS) is 31.0. The summed E-state index contributed by atoms with van der Waals surface area (Å²) >= 11 is 2.05. The van der Waals surface area contributed by atoms with Gasteiger partial charge in [-0.15, -0.1) is 11.8 Å². The minimum atomic E-state index is 0.670. The summed E-state index contributed by atoms with van der Waals surface area (Å²) in [5, 5.41) is 3.67. The van der Waals surface area contributed by atoms with E-state index in [0.29, 0.717) is 12.0 Å². The van der Waals surface area contributed by atoms with E-state index in [9.17, 15) is 0 Å². The number of likely N-dealkylation sites (N-methyl/N-ethyl adjacent to an activating group) is 1. The largest absolute Gasteiger partial charge is 0.316 e. The second kappa shape index (κ2) is 6.53. The Kier molecular flexibility index (Phi) is 4.72. The van der Waals surface area contributed by atoms with Gasteiger partial charge in [-0.2, -0.15) is 0 Å². The van der Waals surface area contributed by atoms with Gasteiger partial charge in [0.25, 0.3) is 0 Å². The van der Waals surface area contributed by atoms with Crippen LogP contribution in [0.15, 0.2) is 29.2 Å². The van der Waals surface area contributed by atoms with Gasteiger partial charge in [-0.1, -0.05) is 44.4 Å². The molecule has 20 heavy (non-hydrogen) atoms. The molecule has 110 valence electrons. The number of hydrogen-bond acceptors (Lipinski definition) is 2. The molecule has 0 saturated heterocycles. The van der Waals surface area contributed by atoms with Crippen molar-refractivity contribution < 1.29 is 0 Å². The highest BCUT2D eigenvalue weighted by Crippen LogP contribution is 2.45. The Morgan fingerprint density at radius 1 is 1.20 bits per heavy atom. The molecule has 1 fully saturated rings. The quantitative estimate of drug-likeness (QED) is 0.863. The predicted molar refractivity (Wildman–Crippen MR) is 88.5 cm³/mol. The van der Waals surface area contributed by atoms with Crippen molar-refractivity contribution in [1.82, 2.24) is 5.32 Å². The molecule has 1 aromatic rings. The fourth-order valence-electron chi connectivity index (χ4n) is 4.21. The van der Waals surface area contributed by atoms with Crippen molar-refractivity contribution in [2.45, 2.75) is 55.9 Å². The van der Waals surface area contributed by atoms with E-state index >= 15 is 0 Å². The lowest BCUT2D eigenvalue weighted by molar-refractivity contribution is 0.209. The van der Waals surface area contributed by atoms with Crippen LogP contribution in [0.5, 0.6) is 0 Å². The molecule has 0 amide bonds. The fourth-order valence-corrected chi connectivity index (χ4v) is 5.51. The van der Waals surface area contributed by atoms with E-state index in [-0.39, 0.29) is 0 Å². The predicted octanol–water partition coefficient (Wildman–Crippen LogP) is 4.68. The van der Waals surface area contributed by atoms with Gasteiger partial charge in [0, 0.05) is 22.6 Å². The lowest BCUT2D eigenvalue weighted by Crippen LogP contribution is -2.41. The first-order valence-electron chi connectivity index (χ1n) is 8.22. The van der Waals surface area contributed by atoms with Gasteiger partial charge in [-0.25, -0.2) is 0 Å². The van der Waals surface area contributed by atoms with Gasteiger partial charge < -0.3 is 5.32 Å². The summed E-state index contributed by atoms with van der Waals surface area (Å²) in [6, 6.07) is 9.69. The van der Waals surface area contributed by atoms with Gasteiger partial charge in [0.1, 0.15) is 0 Å². The number of thioether (sulfide) groups is 1. The molecule has 1 heterocycles. The van der Waals surface area contributed by atoms with Gasteiger partial charge >= 0.3 is 0 Å². The van der Waals surface area contributed by atoms with E-state index in [1.807, 2.05) is 11.8 Å². The lowest BCUT2D eigenvalue weighted by atomic mass is 9.73. The summed E-state index contributed by atoms with van der Waals surface area (Å²) in [6.45, 7) is 2.35. The highest BCUT2D eigenvalue weighted by molar-refractivity contribution is 7.99. The van der Waals surface area contributed by atoms with Crippen molar-refractivity contribution in [3.05, 3.63) is 29.8 Å².